The van der Waals surface area contributed by atoms with Gasteiger partial charge in [-0.25, -0.2) is 4.79 Å². The SMILES string of the molecule is O=C(CN1CCC(n2c(=O)[nH]c3ccccc32)CC1)c1c[nH]c(C(=O)N2CCCC2)c1. The van der Waals surface area contributed by atoms with Crippen LogP contribution in [-0.2, 0) is 0 Å². The van der Waals surface area contributed by atoms with Crippen LogP contribution >= 0.6 is 0 Å². The number of aromatic amines is 2. The zero-order valence-corrected chi connectivity index (χ0v) is 17.5. The summed E-state index contributed by atoms with van der Waals surface area (Å²) in [6, 6.07) is 9.56. The molecule has 3 aromatic rings. The molecule has 0 aliphatic carbocycles. The molecule has 2 aliphatic heterocycles. The second-order valence-corrected chi connectivity index (χ2v) is 8.55. The molecule has 162 valence electrons. The summed E-state index contributed by atoms with van der Waals surface area (Å²) in [7, 11) is 0. The Hall–Kier alpha value is -3.13. The molecule has 1 aromatic carbocycles. The lowest BCUT2D eigenvalue weighted by Gasteiger charge is -2.31. The quantitative estimate of drug-likeness (QED) is 0.619. The second-order valence-electron chi connectivity index (χ2n) is 8.55. The van der Waals surface area contributed by atoms with Gasteiger partial charge in [-0.1, -0.05) is 12.1 Å². The van der Waals surface area contributed by atoms with Gasteiger partial charge >= 0.3 is 5.69 Å². The molecule has 0 spiro atoms. The molecule has 0 radical (unpaired) electrons. The van der Waals surface area contributed by atoms with Crippen molar-refractivity contribution in [2.75, 3.05) is 32.7 Å². The van der Waals surface area contributed by atoms with Crippen molar-refractivity contribution in [3.63, 3.8) is 0 Å². The average molecular weight is 422 g/mol. The Labute approximate surface area is 179 Å². The number of piperidine rings is 1. The summed E-state index contributed by atoms with van der Waals surface area (Å²) < 4.78 is 1.86. The number of H-pyrrole nitrogens is 2. The molecule has 8 heteroatoms. The molecule has 5 rings (SSSR count). The number of amides is 1. The van der Waals surface area contributed by atoms with Gasteiger partial charge in [0.15, 0.2) is 5.78 Å². The Bertz CT molecular complexity index is 1160. The van der Waals surface area contributed by atoms with Gasteiger partial charge in [0.1, 0.15) is 5.69 Å². The fourth-order valence-corrected chi connectivity index (χ4v) is 4.84. The minimum Gasteiger partial charge on any atom is -0.356 e. The van der Waals surface area contributed by atoms with Gasteiger partial charge in [-0.05, 0) is 43.9 Å². The van der Waals surface area contributed by atoms with Crippen molar-refractivity contribution in [3.8, 4) is 0 Å². The molecule has 0 bridgehead atoms. The molecule has 2 aliphatic rings. The highest BCUT2D eigenvalue weighted by atomic mass is 16.2. The first-order valence-electron chi connectivity index (χ1n) is 11.0. The number of nitrogens with zero attached hydrogens (tertiary/aromatic N) is 3. The molecule has 0 saturated carbocycles. The Balaban J connectivity index is 1.20. The van der Waals surface area contributed by atoms with Gasteiger partial charge in [-0.15, -0.1) is 0 Å². The number of fused-ring (bicyclic) bond motifs is 1. The predicted molar refractivity (Wildman–Crippen MR) is 118 cm³/mol. The molecular weight excluding hydrogens is 394 g/mol. The molecular formula is C23H27N5O3. The van der Waals surface area contributed by atoms with E-state index >= 15 is 0 Å². The summed E-state index contributed by atoms with van der Waals surface area (Å²) >= 11 is 0. The van der Waals surface area contributed by atoms with Crippen LogP contribution in [0.25, 0.3) is 11.0 Å². The van der Waals surface area contributed by atoms with Gasteiger partial charge in [0.25, 0.3) is 5.91 Å². The van der Waals surface area contributed by atoms with Gasteiger partial charge in [-0.3, -0.25) is 19.1 Å². The Kier molecular flexibility index (Phi) is 5.23. The van der Waals surface area contributed by atoms with Crippen LogP contribution in [0.3, 0.4) is 0 Å². The van der Waals surface area contributed by atoms with Crippen molar-refractivity contribution in [1.82, 2.24) is 24.3 Å². The first-order chi connectivity index (χ1) is 15.1. The maximum Gasteiger partial charge on any atom is 0.326 e. The Morgan fingerprint density at radius 3 is 2.55 bits per heavy atom. The number of nitrogens with one attached hydrogen (secondary N) is 2. The summed E-state index contributed by atoms with van der Waals surface area (Å²) in [5, 5.41) is 0. The molecule has 1 amide bonds. The number of para-hydroxylation sites is 2. The predicted octanol–water partition coefficient (Wildman–Crippen LogP) is 2.41. The maximum absolute atomic E-state index is 12.8. The number of Topliss-reactive ketones (excluding diaryl/α,β-unsaturated/α-hetero) is 1. The number of carbonyl (C=O) groups is 2. The van der Waals surface area contributed by atoms with Crippen molar-refractivity contribution in [3.05, 3.63) is 58.3 Å². The number of hydrogen-bond donors (Lipinski definition) is 2. The topological polar surface area (TPSA) is 94.2 Å². The number of likely N-dealkylation sites (tertiary alicyclic amines) is 2. The highest BCUT2D eigenvalue weighted by Gasteiger charge is 2.26. The van der Waals surface area contributed by atoms with E-state index in [1.54, 1.807) is 12.3 Å². The molecule has 31 heavy (non-hydrogen) atoms. The fraction of sp³-hybridized carbons (Fsp3) is 0.435. The monoisotopic (exact) mass is 421 g/mol. The van der Waals surface area contributed by atoms with Crippen molar-refractivity contribution < 1.29 is 9.59 Å². The molecule has 2 fully saturated rings. The lowest BCUT2D eigenvalue weighted by atomic mass is 10.0. The van der Waals surface area contributed by atoms with Crippen molar-refractivity contribution in [2.24, 2.45) is 0 Å². The average Bonchev–Trinajstić information content (AvgIpc) is 3.53. The zero-order valence-electron chi connectivity index (χ0n) is 17.5. The molecule has 0 atom stereocenters. The van der Waals surface area contributed by atoms with E-state index in [0.29, 0.717) is 17.8 Å². The zero-order chi connectivity index (χ0) is 21.4. The number of hydrogen-bond acceptors (Lipinski definition) is 4. The summed E-state index contributed by atoms with van der Waals surface area (Å²) in [6.45, 7) is 3.41. The highest BCUT2D eigenvalue weighted by Crippen LogP contribution is 2.25. The summed E-state index contributed by atoms with van der Waals surface area (Å²) in [6.07, 6.45) is 5.36. The molecule has 0 unspecified atom stereocenters. The standard InChI is InChI=1S/C23H27N5O3/c29-21(16-13-19(24-14-16)22(30)27-9-3-4-10-27)15-26-11-7-17(8-12-26)28-20-6-2-1-5-18(20)25-23(28)31/h1-2,5-6,13-14,17,24H,3-4,7-12,15H2,(H,25,31). The van der Waals surface area contributed by atoms with E-state index in [9.17, 15) is 14.4 Å². The van der Waals surface area contributed by atoms with Gasteiger partial charge in [0, 0.05) is 44.0 Å². The summed E-state index contributed by atoms with van der Waals surface area (Å²) in [5.74, 6) is -0.0130. The fourth-order valence-electron chi connectivity index (χ4n) is 4.84. The van der Waals surface area contributed by atoms with Gasteiger partial charge in [0.05, 0.1) is 17.6 Å². The number of aromatic nitrogens is 3. The van der Waals surface area contributed by atoms with E-state index in [2.05, 4.69) is 14.9 Å². The summed E-state index contributed by atoms with van der Waals surface area (Å²) in [5.41, 5.74) is 2.76. The third kappa shape index (κ3) is 3.83. The molecule has 2 aromatic heterocycles. The number of ketones is 1. The van der Waals surface area contributed by atoms with E-state index in [1.165, 1.54) is 0 Å². The third-order valence-electron chi connectivity index (χ3n) is 6.54. The molecule has 8 nitrogen and oxygen atoms in total. The highest BCUT2D eigenvalue weighted by molar-refractivity contribution is 6.01. The van der Waals surface area contributed by atoms with Gasteiger partial charge in [-0.2, -0.15) is 0 Å². The number of benzene rings is 1. The van der Waals surface area contributed by atoms with E-state index < -0.39 is 0 Å². The van der Waals surface area contributed by atoms with Crippen LogP contribution in [0.4, 0.5) is 0 Å². The first kappa shape index (κ1) is 19.8. The van der Waals surface area contributed by atoms with Crippen LogP contribution in [0, 0.1) is 0 Å². The number of rotatable bonds is 5. The van der Waals surface area contributed by atoms with Crippen molar-refractivity contribution in [1.29, 1.82) is 0 Å². The first-order valence-corrected chi connectivity index (χ1v) is 11.0. The molecule has 4 heterocycles. The Morgan fingerprint density at radius 2 is 1.77 bits per heavy atom. The van der Waals surface area contributed by atoms with Crippen molar-refractivity contribution in [2.45, 2.75) is 31.7 Å². The van der Waals surface area contributed by atoms with Crippen LogP contribution < -0.4 is 5.69 Å². The Morgan fingerprint density at radius 1 is 1.03 bits per heavy atom. The van der Waals surface area contributed by atoms with Gasteiger partial charge in [0.2, 0.25) is 0 Å². The van der Waals surface area contributed by atoms with Crippen LogP contribution in [0.2, 0.25) is 0 Å². The smallest absolute Gasteiger partial charge is 0.326 e. The van der Waals surface area contributed by atoms with Crippen LogP contribution in [-0.4, -0.2) is 68.7 Å². The number of carbonyl (C=O) groups excluding carboxylic acids is 2. The maximum atomic E-state index is 12.8. The van der Waals surface area contributed by atoms with Crippen molar-refractivity contribution >= 4 is 22.7 Å². The lowest BCUT2D eigenvalue weighted by molar-refractivity contribution is 0.0787. The summed E-state index contributed by atoms with van der Waals surface area (Å²) in [4.78, 5) is 47.6. The van der Waals surface area contributed by atoms with Crippen LogP contribution in [0.15, 0.2) is 41.3 Å². The molecule has 2 N–H and O–H groups in total. The molecule has 2 saturated heterocycles. The van der Waals surface area contributed by atoms with Gasteiger partial charge < -0.3 is 14.9 Å². The van der Waals surface area contributed by atoms with Crippen LogP contribution in [0.1, 0.15) is 52.6 Å². The van der Waals surface area contributed by atoms with E-state index in [0.717, 1.165) is 62.9 Å². The normalized spacial score (nSPS) is 18.1. The minimum absolute atomic E-state index is 0.0134. The minimum atomic E-state index is -0.0711. The second kappa shape index (κ2) is 8.19. The van der Waals surface area contributed by atoms with E-state index in [1.807, 2.05) is 33.7 Å². The van der Waals surface area contributed by atoms with Crippen LogP contribution in [0.5, 0.6) is 0 Å². The number of imidazole rings is 1. The van der Waals surface area contributed by atoms with E-state index in [-0.39, 0.29) is 23.4 Å². The van der Waals surface area contributed by atoms with E-state index in [4.69, 9.17) is 0 Å². The third-order valence-corrected chi connectivity index (χ3v) is 6.54. The lowest BCUT2D eigenvalue weighted by Crippen LogP contribution is -2.39. The largest absolute Gasteiger partial charge is 0.356 e.